The molecule has 5 nitrogen and oxygen atoms in total. The molecule has 1 amide bonds. The van der Waals surface area contributed by atoms with Crippen LogP contribution >= 0.6 is 10.7 Å². The molecule has 0 aliphatic rings. The van der Waals surface area contributed by atoms with Crippen LogP contribution in [0.2, 0.25) is 0 Å². The van der Waals surface area contributed by atoms with E-state index in [9.17, 15) is 13.2 Å². The molecule has 0 saturated carbocycles. The summed E-state index contributed by atoms with van der Waals surface area (Å²) in [6.07, 6.45) is 0.756. The summed E-state index contributed by atoms with van der Waals surface area (Å²) in [5, 5.41) is 2.85. The van der Waals surface area contributed by atoms with Crippen molar-refractivity contribution in [1.29, 1.82) is 0 Å². The molecule has 7 heteroatoms. The molecule has 0 saturated heterocycles. The molecule has 0 radical (unpaired) electrons. The van der Waals surface area contributed by atoms with Gasteiger partial charge in [-0.2, -0.15) is 0 Å². The van der Waals surface area contributed by atoms with Crippen LogP contribution in [0, 0.1) is 12.3 Å². The Labute approximate surface area is 130 Å². The summed E-state index contributed by atoms with van der Waals surface area (Å²) < 4.78 is 27.9. The van der Waals surface area contributed by atoms with E-state index in [1.807, 2.05) is 13.8 Å². The topological polar surface area (TPSA) is 76.4 Å². The van der Waals surface area contributed by atoms with Crippen LogP contribution in [0.3, 0.4) is 0 Å². The molecule has 0 aromatic carbocycles. The minimum absolute atomic E-state index is 0.0422. The first kappa shape index (κ1) is 18.0. The van der Waals surface area contributed by atoms with Gasteiger partial charge >= 0.3 is 0 Å². The van der Waals surface area contributed by atoms with Crippen LogP contribution in [0.1, 0.15) is 57.4 Å². The highest BCUT2D eigenvalue weighted by Crippen LogP contribution is 2.28. The third-order valence-electron chi connectivity index (χ3n) is 2.78. The molecule has 0 unspecified atom stereocenters. The fourth-order valence-electron chi connectivity index (χ4n) is 2.56. The van der Waals surface area contributed by atoms with Gasteiger partial charge in [0.1, 0.15) is 10.7 Å². The number of rotatable bonds is 4. The molecule has 1 aromatic rings. The van der Waals surface area contributed by atoms with Crippen LogP contribution in [0.25, 0.3) is 0 Å². The first-order valence-electron chi connectivity index (χ1n) is 6.59. The number of hydrogen-bond acceptors (Lipinski definition) is 4. The van der Waals surface area contributed by atoms with Crippen molar-refractivity contribution in [1.82, 2.24) is 5.32 Å². The van der Waals surface area contributed by atoms with Gasteiger partial charge in [0.05, 0.1) is 0 Å². The van der Waals surface area contributed by atoms with E-state index >= 15 is 0 Å². The molecule has 21 heavy (non-hydrogen) atoms. The zero-order valence-corrected chi connectivity index (χ0v) is 14.8. The lowest BCUT2D eigenvalue weighted by Crippen LogP contribution is -2.45. The highest BCUT2D eigenvalue weighted by atomic mass is 35.7. The van der Waals surface area contributed by atoms with Gasteiger partial charge in [0.15, 0.2) is 5.76 Å². The van der Waals surface area contributed by atoms with Gasteiger partial charge in [0.2, 0.25) is 0 Å². The van der Waals surface area contributed by atoms with Gasteiger partial charge in [-0.3, -0.25) is 4.79 Å². The summed E-state index contributed by atoms with van der Waals surface area (Å²) in [5.41, 5.74) is -0.406. The van der Waals surface area contributed by atoms with Crippen molar-refractivity contribution in [3.63, 3.8) is 0 Å². The predicted molar refractivity (Wildman–Crippen MR) is 82.1 cm³/mol. The SMILES string of the molecule is Cc1oc(C(=O)NC(C)(C)CC(C)(C)C)cc1S(=O)(=O)Cl. The lowest BCUT2D eigenvalue weighted by molar-refractivity contribution is 0.0861. The fourth-order valence-corrected chi connectivity index (χ4v) is 3.65. The van der Waals surface area contributed by atoms with Crippen molar-refractivity contribution >= 4 is 25.6 Å². The molecule has 1 N–H and O–H groups in total. The number of halogens is 1. The summed E-state index contributed by atoms with van der Waals surface area (Å²) in [5.74, 6) is -0.420. The minimum atomic E-state index is -3.92. The maximum absolute atomic E-state index is 12.2. The molecule has 0 spiro atoms. The zero-order valence-electron chi connectivity index (χ0n) is 13.2. The van der Waals surface area contributed by atoms with Crippen LogP contribution in [-0.2, 0) is 9.05 Å². The monoisotopic (exact) mass is 335 g/mol. The van der Waals surface area contributed by atoms with E-state index in [0.29, 0.717) is 0 Å². The third-order valence-corrected chi connectivity index (χ3v) is 4.21. The number of amides is 1. The maximum Gasteiger partial charge on any atom is 0.287 e. The normalized spacial score (nSPS) is 13.3. The molecule has 0 fully saturated rings. The molecule has 1 rings (SSSR count). The van der Waals surface area contributed by atoms with Crippen LogP contribution < -0.4 is 5.32 Å². The Balaban J connectivity index is 2.96. The quantitative estimate of drug-likeness (QED) is 0.855. The molecule has 120 valence electrons. The first-order chi connectivity index (χ1) is 9.21. The lowest BCUT2D eigenvalue weighted by atomic mass is 9.82. The van der Waals surface area contributed by atoms with Gasteiger partial charge < -0.3 is 9.73 Å². The van der Waals surface area contributed by atoms with Crippen LogP contribution in [0.15, 0.2) is 15.4 Å². The molecule has 1 aromatic heterocycles. The van der Waals surface area contributed by atoms with Gasteiger partial charge in [0, 0.05) is 22.3 Å². The Morgan fingerprint density at radius 3 is 2.19 bits per heavy atom. The largest absolute Gasteiger partial charge is 0.455 e. The van der Waals surface area contributed by atoms with Gasteiger partial charge in [-0.15, -0.1) is 0 Å². The molecule has 0 aliphatic carbocycles. The molecule has 0 aliphatic heterocycles. The summed E-state index contributed by atoms with van der Waals surface area (Å²) >= 11 is 0. The van der Waals surface area contributed by atoms with E-state index in [4.69, 9.17) is 15.1 Å². The number of carbonyl (C=O) groups excluding carboxylic acids is 1. The summed E-state index contributed by atoms with van der Waals surface area (Å²) in [6.45, 7) is 11.5. The van der Waals surface area contributed by atoms with Crippen LogP contribution in [0.5, 0.6) is 0 Å². The second-order valence-corrected chi connectivity index (χ2v) is 9.58. The Kier molecular flexibility index (Phi) is 4.85. The number of aryl methyl sites for hydroxylation is 1. The van der Waals surface area contributed by atoms with Crippen molar-refractivity contribution in [2.75, 3.05) is 0 Å². The highest BCUT2D eigenvalue weighted by molar-refractivity contribution is 8.13. The van der Waals surface area contributed by atoms with Gasteiger partial charge in [-0.05, 0) is 32.6 Å². The molecular formula is C14H22ClNO4S. The van der Waals surface area contributed by atoms with Crippen LogP contribution in [0.4, 0.5) is 0 Å². The van der Waals surface area contributed by atoms with E-state index in [1.165, 1.54) is 6.92 Å². The first-order valence-corrected chi connectivity index (χ1v) is 8.90. The van der Waals surface area contributed by atoms with Crippen molar-refractivity contribution in [2.24, 2.45) is 5.41 Å². The van der Waals surface area contributed by atoms with Crippen molar-refractivity contribution in [3.05, 3.63) is 17.6 Å². The van der Waals surface area contributed by atoms with E-state index in [-0.39, 0.29) is 21.8 Å². The van der Waals surface area contributed by atoms with Crippen molar-refractivity contribution < 1.29 is 17.6 Å². The van der Waals surface area contributed by atoms with Crippen molar-refractivity contribution in [2.45, 2.75) is 58.4 Å². The fraction of sp³-hybridized carbons (Fsp3) is 0.643. The Morgan fingerprint density at radius 1 is 1.29 bits per heavy atom. The second kappa shape index (κ2) is 5.65. The molecular weight excluding hydrogens is 314 g/mol. The minimum Gasteiger partial charge on any atom is -0.455 e. The summed E-state index contributed by atoms with van der Waals surface area (Å²) in [4.78, 5) is 12.0. The number of furan rings is 1. The summed E-state index contributed by atoms with van der Waals surface area (Å²) in [6, 6.07) is 1.15. The zero-order chi connectivity index (χ0) is 16.6. The van der Waals surface area contributed by atoms with E-state index in [2.05, 4.69) is 26.1 Å². The second-order valence-electron chi connectivity index (χ2n) is 7.04. The Bertz CT molecular complexity index is 638. The van der Waals surface area contributed by atoms with Gasteiger partial charge in [-0.1, -0.05) is 20.8 Å². The van der Waals surface area contributed by atoms with Crippen molar-refractivity contribution in [3.8, 4) is 0 Å². The van der Waals surface area contributed by atoms with Gasteiger partial charge in [0.25, 0.3) is 15.0 Å². The van der Waals surface area contributed by atoms with E-state index in [1.54, 1.807) is 0 Å². The standard InChI is InChI=1S/C14H22ClNO4S/c1-9-11(21(15,18)19)7-10(20-9)12(17)16-14(5,6)8-13(2,3)4/h7H,8H2,1-6H3,(H,16,17). The molecule has 0 atom stereocenters. The number of hydrogen-bond donors (Lipinski definition) is 1. The number of carbonyl (C=O) groups is 1. The molecule has 0 bridgehead atoms. The summed E-state index contributed by atoms with van der Waals surface area (Å²) in [7, 11) is 1.36. The smallest absolute Gasteiger partial charge is 0.287 e. The average molecular weight is 336 g/mol. The highest BCUT2D eigenvalue weighted by Gasteiger charge is 2.29. The predicted octanol–water partition coefficient (Wildman–Crippen LogP) is 3.46. The van der Waals surface area contributed by atoms with E-state index < -0.39 is 20.5 Å². The lowest BCUT2D eigenvalue weighted by Gasteiger charge is -2.33. The maximum atomic E-state index is 12.2. The third kappa shape index (κ3) is 5.36. The van der Waals surface area contributed by atoms with Crippen LogP contribution in [-0.4, -0.2) is 19.9 Å². The van der Waals surface area contributed by atoms with Gasteiger partial charge in [-0.25, -0.2) is 8.42 Å². The van der Waals surface area contributed by atoms with E-state index in [0.717, 1.165) is 12.5 Å². The average Bonchev–Trinajstić information content (AvgIpc) is 2.54. The number of nitrogens with one attached hydrogen (secondary N) is 1. The molecule has 1 heterocycles. The Morgan fingerprint density at radius 2 is 1.81 bits per heavy atom. The Hall–Kier alpha value is -1.01.